The molecule has 160 valence electrons. The molecule has 2 amide bonds. The average molecular weight is 444 g/mol. The van der Waals surface area contributed by atoms with Crippen molar-refractivity contribution in [2.45, 2.75) is 18.4 Å². The standard InChI is InChI=1S/C22H19ClFN3O4/c23-14-2-4-17-18(12-14)31-19(25-17)15-3-1-13(11-16(15)24)20(28)26-7-9-27(10-8-26)21(29)22(30)5-6-22/h1-4,11-12,30H,5-10H2. The number of amides is 2. The molecule has 2 heterocycles. The number of halogens is 2. The first-order valence-corrected chi connectivity index (χ1v) is 10.4. The fourth-order valence-corrected chi connectivity index (χ4v) is 3.92. The maximum absolute atomic E-state index is 14.8. The second-order valence-corrected chi connectivity index (χ2v) is 8.38. The zero-order valence-corrected chi connectivity index (χ0v) is 17.2. The van der Waals surface area contributed by atoms with Crippen LogP contribution in [-0.4, -0.2) is 63.5 Å². The summed E-state index contributed by atoms with van der Waals surface area (Å²) in [5.41, 5.74) is 0.159. The van der Waals surface area contributed by atoms with Gasteiger partial charge in [0.05, 0.1) is 5.56 Å². The normalized spacial score (nSPS) is 17.8. The molecule has 1 saturated heterocycles. The van der Waals surface area contributed by atoms with E-state index in [1.54, 1.807) is 28.0 Å². The minimum atomic E-state index is -1.21. The molecule has 1 aliphatic heterocycles. The smallest absolute Gasteiger partial charge is 0.254 e. The second-order valence-electron chi connectivity index (χ2n) is 7.94. The average Bonchev–Trinajstić information content (AvgIpc) is 3.39. The van der Waals surface area contributed by atoms with E-state index in [9.17, 15) is 19.1 Å². The summed E-state index contributed by atoms with van der Waals surface area (Å²) in [6.07, 6.45) is 0.980. The quantitative estimate of drug-likeness (QED) is 0.672. The number of fused-ring (bicyclic) bond motifs is 1. The third-order valence-corrected chi connectivity index (χ3v) is 6.01. The summed E-state index contributed by atoms with van der Waals surface area (Å²) in [6, 6.07) is 9.14. The van der Waals surface area contributed by atoms with Gasteiger partial charge in [0.2, 0.25) is 5.89 Å². The minimum Gasteiger partial charge on any atom is -0.436 e. The lowest BCUT2D eigenvalue weighted by Gasteiger charge is -2.35. The lowest BCUT2D eigenvalue weighted by molar-refractivity contribution is -0.143. The van der Waals surface area contributed by atoms with Crippen molar-refractivity contribution in [3.63, 3.8) is 0 Å². The molecule has 1 N–H and O–H groups in total. The SMILES string of the molecule is O=C(c1ccc(-c2nc3ccc(Cl)cc3o2)c(F)c1)N1CCN(C(=O)C2(O)CC2)CC1. The molecule has 0 radical (unpaired) electrons. The lowest BCUT2D eigenvalue weighted by atomic mass is 10.1. The zero-order valence-electron chi connectivity index (χ0n) is 16.5. The first-order valence-electron chi connectivity index (χ1n) is 10.0. The van der Waals surface area contributed by atoms with Crippen molar-refractivity contribution < 1.29 is 23.5 Å². The van der Waals surface area contributed by atoms with Crippen molar-refractivity contribution >= 4 is 34.5 Å². The van der Waals surface area contributed by atoms with E-state index in [0.717, 1.165) is 0 Å². The van der Waals surface area contributed by atoms with Crippen LogP contribution in [0.15, 0.2) is 40.8 Å². The predicted octanol–water partition coefficient (Wildman–Crippen LogP) is 3.10. The molecule has 0 bridgehead atoms. The van der Waals surface area contributed by atoms with Crippen molar-refractivity contribution in [2.75, 3.05) is 26.2 Å². The topological polar surface area (TPSA) is 86.9 Å². The van der Waals surface area contributed by atoms with Gasteiger partial charge in [-0.05, 0) is 43.2 Å². The molecule has 0 spiro atoms. The summed E-state index contributed by atoms with van der Waals surface area (Å²) in [5.74, 6) is -1.09. The van der Waals surface area contributed by atoms with Crippen molar-refractivity contribution in [3.8, 4) is 11.5 Å². The number of aromatic nitrogens is 1. The number of carbonyl (C=O) groups excluding carboxylic acids is 2. The van der Waals surface area contributed by atoms with Gasteiger partial charge in [0.1, 0.15) is 16.9 Å². The summed E-state index contributed by atoms with van der Waals surface area (Å²) < 4.78 is 20.4. The van der Waals surface area contributed by atoms with Crippen LogP contribution in [0.1, 0.15) is 23.2 Å². The first kappa shape index (κ1) is 20.0. The van der Waals surface area contributed by atoms with Crippen molar-refractivity contribution in [1.29, 1.82) is 0 Å². The van der Waals surface area contributed by atoms with Crippen molar-refractivity contribution in [2.24, 2.45) is 0 Å². The Kier molecular flexibility index (Phi) is 4.71. The van der Waals surface area contributed by atoms with Gasteiger partial charge < -0.3 is 19.3 Å². The molecule has 3 aromatic rings. The maximum atomic E-state index is 14.8. The van der Waals surface area contributed by atoms with Gasteiger partial charge in [-0.2, -0.15) is 0 Å². The predicted molar refractivity (Wildman–Crippen MR) is 111 cm³/mol. The van der Waals surface area contributed by atoms with E-state index in [4.69, 9.17) is 16.0 Å². The van der Waals surface area contributed by atoms with E-state index in [-0.39, 0.29) is 28.8 Å². The number of oxazole rings is 1. The zero-order chi connectivity index (χ0) is 21.8. The first-order chi connectivity index (χ1) is 14.8. The van der Waals surface area contributed by atoms with Crippen LogP contribution in [0.4, 0.5) is 4.39 Å². The van der Waals surface area contributed by atoms with Gasteiger partial charge in [-0.3, -0.25) is 9.59 Å². The molecule has 1 aliphatic carbocycles. The summed E-state index contributed by atoms with van der Waals surface area (Å²) in [6.45, 7) is 1.35. The number of rotatable bonds is 3. The van der Waals surface area contributed by atoms with Crippen molar-refractivity contribution in [1.82, 2.24) is 14.8 Å². The highest BCUT2D eigenvalue weighted by molar-refractivity contribution is 6.31. The molecule has 2 fully saturated rings. The van der Waals surface area contributed by atoms with Crippen LogP contribution in [0.2, 0.25) is 5.02 Å². The molecule has 0 atom stereocenters. The lowest BCUT2D eigenvalue weighted by Crippen LogP contribution is -2.53. The number of piperazine rings is 1. The third kappa shape index (κ3) is 3.66. The number of nitrogens with zero attached hydrogens (tertiary/aromatic N) is 3. The summed E-state index contributed by atoms with van der Waals surface area (Å²) in [5, 5.41) is 10.5. The van der Waals surface area contributed by atoms with Crippen molar-refractivity contribution in [3.05, 3.63) is 52.8 Å². The Morgan fingerprint density at radius 3 is 2.45 bits per heavy atom. The van der Waals surface area contributed by atoms with Crippen LogP contribution in [0, 0.1) is 5.82 Å². The third-order valence-electron chi connectivity index (χ3n) is 5.77. The van der Waals surface area contributed by atoms with Gasteiger partial charge >= 0.3 is 0 Å². The fraction of sp³-hybridized carbons (Fsp3) is 0.318. The maximum Gasteiger partial charge on any atom is 0.254 e. The molecule has 2 aliphatic rings. The van der Waals surface area contributed by atoms with Crippen LogP contribution in [0.3, 0.4) is 0 Å². The Labute approximate surface area is 182 Å². The fourth-order valence-electron chi connectivity index (χ4n) is 3.76. The van der Waals surface area contributed by atoms with Gasteiger partial charge in [-0.1, -0.05) is 11.6 Å². The Morgan fingerprint density at radius 1 is 1.06 bits per heavy atom. The number of benzene rings is 2. The van der Waals surface area contributed by atoms with Crippen LogP contribution in [-0.2, 0) is 4.79 Å². The van der Waals surface area contributed by atoms with E-state index < -0.39 is 11.4 Å². The number of hydrogen-bond acceptors (Lipinski definition) is 5. The largest absolute Gasteiger partial charge is 0.436 e. The molecular formula is C22H19ClFN3O4. The highest BCUT2D eigenvalue weighted by atomic mass is 35.5. The van der Waals surface area contributed by atoms with Gasteiger partial charge in [0.15, 0.2) is 5.58 Å². The monoisotopic (exact) mass is 443 g/mol. The van der Waals surface area contributed by atoms with E-state index in [0.29, 0.717) is 55.1 Å². The van der Waals surface area contributed by atoms with Gasteiger partial charge in [-0.25, -0.2) is 9.37 Å². The Bertz CT molecular complexity index is 1200. The molecule has 1 saturated carbocycles. The van der Waals surface area contributed by atoms with Crippen LogP contribution >= 0.6 is 11.6 Å². The molecule has 31 heavy (non-hydrogen) atoms. The number of aliphatic hydroxyl groups is 1. The van der Waals surface area contributed by atoms with Crippen LogP contribution < -0.4 is 0 Å². The van der Waals surface area contributed by atoms with Gasteiger partial charge in [0, 0.05) is 42.8 Å². The Morgan fingerprint density at radius 2 is 1.77 bits per heavy atom. The number of carbonyl (C=O) groups is 2. The van der Waals surface area contributed by atoms with E-state index in [1.807, 2.05) is 0 Å². The molecule has 9 heteroatoms. The summed E-state index contributed by atoms with van der Waals surface area (Å²) >= 11 is 5.95. The molecule has 1 aromatic heterocycles. The molecule has 5 rings (SSSR count). The highest BCUT2D eigenvalue weighted by Crippen LogP contribution is 2.37. The Hall–Kier alpha value is -2.97. The van der Waals surface area contributed by atoms with Gasteiger partial charge in [0.25, 0.3) is 11.8 Å². The summed E-state index contributed by atoms with van der Waals surface area (Å²) in [4.78, 5) is 32.5. The summed E-state index contributed by atoms with van der Waals surface area (Å²) in [7, 11) is 0. The molecule has 2 aromatic carbocycles. The Balaban J connectivity index is 1.30. The van der Waals surface area contributed by atoms with Gasteiger partial charge in [-0.15, -0.1) is 0 Å². The van der Waals surface area contributed by atoms with E-state index >= 15 is 0 Å². The second kappa shape index (κ2) is 7.32. The van der Waals surface area contributed by atoms with Crippen LogP contribution in [0.25, 0.3) is 22.6 Å². The van der Waals surface area contributed by atoms with E-state index in [2.05, 4.69) is 4.98 Å². The minimum absolute atomic E-state index is 0.110. The molecule has 7 nitrogen and oxygen atoms in total. The van der Waals surface area contributed by atoms with Crippen LogP contribution in [0.5, 0.6) is 0 Å². The van der Waals surface area contributed by atoms with E-state index in [1.165, 1.54) is 18.2 Å². The number of hydrogen-bond donors (Lipinski definition) is 1. The molecule has 0 unspecified atom stereocenters. The molecular weight excluding hydrogens is 425 g/mol. The highest BCUT2D eigenvalue weighted by Gasteiger charge is 2.50.